The van der Waals surface area contributed by atoms with Crippen molar-refractivity contribution in [2.45, 2.75) is 11.0 Å². The van der Waals surface area contributed by atoms with Crippen LogP contribution in [0.4, 0.5) is 0 Å². The molecule has 1 unspecified atom stereocenters. The number of sulfonamides is 1. The van der Waals surface area contributed by atoms with E-state index in [1.165, 1.54) is 12.4 Å². The molecule has 2 heterocycles. The molecule has 1 aromatic rings. The largest absolute Gasteiger partial charge is 0.389 e. The van der Waals surface area contributed by atoms with Gasteiger partial charge >= 0.3 is 0 Å². The van der Waals surface area contributed by atoms with Crippen LogP contribution in [-0.2, 0) is 14.9 Å². The predicted molar refractivity (Wildman–Crippen MR) is 44.4 cm³/mol. The summed E-state index contributed by atoms with van der Waals surface area (Å²) in [4.78, 5) is 4.83. The second-order valence-electron chi connectivity index (χ2n) is 2.87. The molecule has 0 aliphatic carbocycles. The van der Waals surface area contributed by atoms with Crippen LogP contribution in [0, 0.1) is 0 Å². The normalized spacial score (nSPS) is 24.2. The monoisotopic (exact) mass is 219 g/mol. The van der Waals surface area contributed by atoms with Crippen molar-refractivity contribution >= 4 is 10.0 Å². The molecule has 14 heavy (non-hydrogen) atoms. The zero-order valence-electron chi connectivity index (χ0n) is 7.12. The van der Waals surface area contributed by atoms with Gasteiger partial charge < -0.3 is 5.11 Å². The van der Waals surface area contributed by atoms with E-state index in [-0.39, 0.29) is 18.0 Å². The van der Waals surface area contributed by atoms with Gasteiger partial charge in [0.25, 0.3) is 10.0 Å². The Hall–Kier alpha value is -0.960. The van der Waals surface area contributed by atoms with Gasteiger partial charge in [-0.1, -0.05) is 4.47 Å². The van der Waals surface area contributed by atoms with E-state index in [0.717, 1.165) is 4.47 Å². The van der Waals surface area contributed by atoms with Crippen LogP contribution in [0.1, 0.15) is 0 Å². The Balaban J connectivity index is 2.26. The summed E-state index contributed by atoms with van der Waals surface area (Å²) in [7, 11) is -3.67. The fraction of sp³-hybridized carbons (Fsp3) is 0.500. The van der Waals surface area contributed by atoms with Crippen LogP contribution in [0.15, 0.2) is 17.3 Å². The van der Waals surface area contributed by atoms with Gasteiger partial charge in [0, 0.05) is 6.20 Å². The molecule has 0 radical (unpaired) electrons. The number of aromatic amines is 1. The lowest BCUT2D eigenvalue weighted by Gasteiger charge is -2.11. The van der Waals surface area contributed by atoms with Crippen molar-refractivity contribution in [3.63, 3.8) is 0 Å². The molecule has 8 heteroatoms. The molecule has 1 aromatic heterocycles. The van der Waals surface area contributed by atoms with Gasteiger partial charge in [-0.25, -0.2) is 8.42 Å². The lowest BCUT2D eigenvalue weighted by molar-refractivity contribution is -0.0316. The lowest BCUT2D eigenvalue weighted by Crippen LogP contribution is -2.28. The van der Waals surface area contributed by atoms with Crippen LogP contribution in [-0.4, -0.2) is 47.4 Å². The first-order valence-electron chi connectivity index (χ1n) is 3.93. The number of nitrogens with zero attached hydrogens (tertiary/aromatic N) is 2. The first-order valence-corrected chi connectivity index (χ1v) is 5.37. The summed E-state index contributed by atoms with van der Waals surface area (Å²) in [6, 6.07) is 0. The van der Waals surface area contributed by atoms with Crippen LogP contribution in [0.3, 0.4) is 0 Å². The number of β-amino-alcohol motifs (C(OH)–C–C–N with tert-alkyl or cyclic N) is 1. The molecular weight excluding hydrogens is 210 g/mol. The third kappa shape index (κ3) is 1.52. The second kappa shape index (κ2) is 3.31. The molecule has 0 saturated carbocycles. The zero-order chi connectivity index (χ0) is 10.2. The van der Waals surface area contributed by atoms with E-state index in [9.17, 15) is 8.42 Å². The number of H-pyrrole nitrogens is 1. The van der Waals surface area contributed by atoms with Gasteiger partial charge in [0.05, 0.1) is 25.5 Å². The maximum Gasteiger partial charge on any atom is 0.268 e. The molecule has 1 atom stereocenters. The Labute approximate surface area is 80.3 Å². The van der Waals surface area contributed by atoms with E-state index < -0.39 is 16.1 Å². The van der Waals surface area contributed by atoms with Gasteiger partial charge in [-0.2, -0.15) is 5.10 Å². The Bertz CT molecular complexity index is 401. The number of aliphatic hydroxyl groups is 1. The number of hydrogen-bond donors (Lipinski definition) is 2. The number of aromatic nitrogens is 2. The molecule has 78 valence electrons. The molecular formula is C6H9N3O4S. The maximum atomic E-state index is 11.7. The second-order valence-corrected chi connectivity index (χ2v) is 4.70. The van der Waals surface area contributed by atoms with E-state index in [2.05, 4.69) is 10.2 Å². The Morgan fingerprint density at radius 3 is 3.00 bits per heavy atom. The van der Waals surface area contributed by atoms with E-state index >= 15 is 0 Å². The summed E-state index contributed by atoms with van der Waals surface area (Å²) >= 11 is 0. The van der Waals surface area contributed by atoms with E-state index in [4.69, 9.17) is 9.94 Å². The van der Waals surface area contributed by atoms with Gasteiger partial charge in [0.2, 0.25) is 0 Å². The smallest absolute Gasteiger partial charge is 0.268 e. The van der Waals surface area contributed by atoms with Crippen LogP contribution >= 0.6 is 0 Å². The van der Waals surface area contributed by atoms with Crippen molar-refractivity contribution in [2.75, 3.05) is 13.2 Å². The van der Waals surface area contributed by atoms with E-state index in [1.807, 2.05) is 0 Å². The third-order valence-electron chi connectivity index (χ3n) is 1.81. The topological polar surface area (TPSA) is 95.5 Å². The van der Waals surface area contributed by atoms with Crippen LogP contribution in [0.25, 0.3) is 0 Å². The average Bonchev–Trinajstić information content (AvgIpc) is 2.72. The third-order valence-corrected chi connectivity index (χ3v) is 3.42. The van der Waals surface area contributed by atoms with Gasteiger partial charge in [-0.15, -0.1) is 0 Å². The summed E-state index contributed by atoms with van der Waals surface area (Å²) in [6.45, 7) is -0.0510. The van der Waals surface area contributed by atoms with Gasteiger partial charge in [-0.3, -0.25) is 9.94 Å². The maximum absolute atomic E-state index is 11.7. The molecule has 7 nitrogen and oxygen atoms in total. The fourth-order valence-corrected chi connectivity index (χ4v) is 2.30. The van der Waals surface area contributed by atoms with Crippen molar-refractivity contribution < 1.29 is 18.4 Å². The van der Waals surface area contributed by atoms with Crippen molar-refractivity contribution in [1.29, 1.82) is 0 Å². The highest BCUT2D eigenvalue weighted by atomic mass is 32.2. The minimum Gasteiger partial charge on any atom is -0.389 e. The number of hydrogen-bond acceptors (Lipinski definition) is 5. The highest BCUT2D eigenvalue weighted by molar-refractivity contribution is 7.89. The Kier molecular flexibility index (Phi) is 2.27. The number of rotatable bonds is 2. The molecule has 1 aliphatic rings. The molecule has 0 spiro atoms. The fourth-order valence-electron chi connectivity index (χ4n) is 1.11. The molecule has 0 bridgehead atoms. The number of aliphatic hydroxyl groups excluding tert-OH is 1. The van der Waals surface area contributed by atoms with Crippen molar-refractivity contribution in [3.8, 4) is 0 Å². The summed E-state index contributed by atoms with van der Waals surface area (Å²) in [6.07, 6.45) is 1.67. The molecule has 2 N–H and O–H groups in total. The van der Waals surface area contributed by atoms with Gasteiger partial charge in [0.1, 0.15) is 4.90 Å². The zero-order valence-corrected chi connectivity index (χ0v) is 7.94. The highest BCUT2D eigenvalue weighted by Crippen LogP contribution is 2.18. The quantitative estimate of drug-likeness (QED) is 0.645. The number of nitrogens with one attached hydrogen (secondary N) is 1. The predicted octanol–water partition coefficient (Wildman–Crippen LogP) is -1.29. The van der Waals surface area contributed by atoms with Crippen molar-refractivity contribution in [2.24, 2.45) is 0 Å². The molecule has 0 amide bonds. The summed E-state index contributed by atoms with van der Waals surface area (Å²) in [5, 5.41) is 15.0. The minimum absolute atomic E-state index is 0.00290. The first-order chi connectivity index (χ1) is 6.60. The SMILES string of the molecule is O=S(=O)(c1cn[nH]c1)N1CC(O)CO1. The van der Waals surface area contributed by atoms with Crippen molar-refractivity contribution in [3.05, 3.63) is 12.4 Å². The highest BCUT2D eigenvalue weighted by Gasteiger charge is 2.33. The molecule has 2 rings (SSSR count). The molecule has 1 saturated heterocycles. The van der Waals surface area contributed by atoms with Crippen LogP contribution in [0.2, 0.25) is 0 Å². The summed E-state index contributed by atoms with van der Waals surface area (Å²) < 4.78 is 24.1. The van der Waals surface area contributed by atoms with E-state index in [1.54, 1.807) is 0 Å². The van der Waals surface area contributed by atoms with Crippen LogP contribution in [0.5, 0.6) is 0 Å². The molecule has 0 aromatic carbocycles. The van der Waals surface area contributed by atoms with Gasteiger partial charge in [-0.05, 0) is 0 Å². The average molecular weight is 219 g/mol. The standard InChI is InChI=1S/C6H9N3O4S/c10-5-3-9(13-4-5)14(11,12)6-1-7-8-2-6/h1-2,5,10H,3-4H2,(H,7,8). The first kappa shape index (κ1) is 9.59. The minimum atomic E-state index is -3.67. The Morgan fingerprint density at radius 1 is 1.71 bits per heavy atom. The summed E-state index contributed by atoms with van der Waals surface area (Å²) in [5.41, 5.74) is 0. The molecule has 1 fully saturated rings. The number of hydroxylamine groups is 1. The van der Waals surface area contributed by atoms with E-state index in [0.29, 0.717) is 0 Å². The Morgan fingerprint density at radius 2 is 2.50 bits per heavy atom. The van der Waals surface area contributed by atoms with Crippen molar-refractivity contribution in [1.82, 2.24) is 14.7 Å². The van der Waals surface area contributed by atoms with Gasteiger partial charge in [0.15, 0.2) is 0 Å². The lowest BCUT2D eigenvalue weighted by atomic mass is 10.4. The molecule has 1 aliphatic heterocycles. The summed E-state index contributed by atoms with van der Waals surface area (Å²) in [5.74, 6) is 0. The van der Waals surface area contributed by atoms with Crippen LogP contribution < -0.4 is 0 Å².